The van der Waals surface area contributed by atoms with Crippen molar-refractivity contribution in [2.45, 2.75) is 43.7 Å². The Morgan fingerprint density at radius 3 is 2.57 bits per heavy atom. The van der Waals surface area contributed by atoms with Gasteiger partial charge in [-0.15, -0.1) is 4.40 Å². The van der Waals surface area contributed by atoms with Crippen LogP contribution < -0.4 is 0 Å². The molecule has 1 aliphatic heterocycles. The Kier molecular flexibility index (Phi) is 3.91. The molecule has 0 bridgehead atoms. The van der Waals surface area contributed by atoms with E-state index < -0.39 is 10.0 Å². The van der Waals surface area contributed by atoms with Crippen molar-refractivity contribution in [3.05, 3.63) is 29.8 Å². The van der Waals surface area contributed by atoms with Crippen LogP contribution in [0.4, 0.5) is 0 Å². The second kappa shape index (κ2) is 5.63. The molecule has 7 heteroatoms. The first-order valence-corrected chi connectivity index (χ1v) is 9.22. The van der Waals surface area contributed by atoms with E-state index in [1.807, 2.05) is 18.7 Å². The number of nitrogens with zero attached hydrogens (tertiary/aromatic N) is 3. The summed E-state index contributed by atoms with van der Waals surface area (Å²) in [7, 11) is -1.95. The molecule has 6 nitrogen and oxygen atoms in total. The van der Waals surface area contributed by atoms with E-state index >= 15 is 0 Å². The lowest BCUT2D eigenvalue weighted by Crippen LogP contribution is -2.45. The molecule has 1 amide bonds. The van der Waals surface area contributed by atoms with E-state index in [2.05, 4.69) is 4.40 Å². The smallest absolute Gasteiger partial charge is 0.285 e. The Morgan fingerprint density at radius 1 is 1.30 bits per heavy atom. The summed E-state index contributed by atoms with van der Waals surface area (Å²) >= 11 is 0. The number of amidine groups is 1. The maximum Gasteiger partial charge on any atom is 0.285 e. The number of hydrogen-bond acceptors (Lipinski definition) is 4. The largest absolute Gasteiger partial charge is 0.349 e. The molecule has 124 valence electrons. The molecule has 1 heterocycles. The minimum Gasteiger partial charge on any atom is -0.349 e. The molecule has 1 saturated carbocycles. The lowest BCUT2D eigenvalue weighted by atomic mass is 10.2. The van der Waals surface area contributed by atoms with Gasteiger partial charge >= 0.3 is 0 Å². The fraction of sp³-hybridized carbons (Fsp3) is 0.500. The normalized spacial score (nSPS) is 18.5. The third-order valence-corrected chi connectivity index (χ3v) is 5.46. The van der Waals surface area contributed by atoms with Gasteiger partial charge in [0.2, 0.25) is 5.91 Å². The Morgan fingerprint density at radius 2 is 1.96 bits per heavy atom. The number of amides is 1. The molecule has 0 saturated heterocycles. The van der Waals surface area contributed by atoms with Crippen molar-refractivity contribution in [3.63, 3.8) is 0 Å². The molecule has 0 radical (unpaired) electrons. The van der Waals surface area contributed by atoms with Crippen molar-refractivity contribution in [2.75, 3.05) is 13.6 Å². The zero-order valence-corrected chi connectivity index (χ0v) is 14.4. The molecular formula is C16H21N3O3S. The van der Waals surface area contributed by atoms with Gasteiger partial charge in [-0.3, -0.25) is 4.79 Å². The summed E-state index contributed by atoms with van der Waals surface area (Å²) in [5.74, 6) is 0.350. The lowest BCUT2D eigenvalue weighted by molar-refractivity contribution is -0.133. The van der Waals surface area contributed by atoms with Crippen molar-refractivity contribution < 1.29 is 13.2 Å². The van der Waals surface area contributed by atoms with Crippen LogP contribution in [-0.4, -0.2) is 55.6 Å². The second-order valence-corrected chi connectivity index (χ2v) is 7.94. The van der Waals surface area contributed by atoms with Crippen LogP contribution in [0.5, 0.6) is 0 Å². The second-order valence-electron chi connectivity index (χ2n) is 6.37. The number of carbonyl (C=O) groups excluding carboxylic acids is 1. The van der Waals surface area contributed by atoms with Crippen LogP contribution in [0.15, 0.2) is 33.6 Å². The molecule has 1 aromatic rings. The highest BCUT2D eigenvalue weighted by molar-refractivity contribution is 7.90. The maximum atomic E-state index is 12.6. The first-order valence-electron chi connectivity index (χ1n) is 7.78. The molecule has 3 rings (SSSR count). The van der Waals surface area contributed by atoms with Crippen LogP contribution in [0.25, 0.3) is 0 Å². The highest BCUT2D eigenvalue weighted by Crippen LogP contribution is 2.30. The van der Waals surface area contributed by atoms with Crippen molar-refractivity contribution in [2.24, 2.45) is 4.40 Å². The Hall–Kier alpha value is -1.89. The van der Waals surface area contributed by atoms with E-state index in [1.165, 1.54) is 0 Å². The summed E-state index contributed by atoms with van der Waals surface area (Å²) in [5.41, 5.74) is 0.560. The highest BCUT2D eigenvalue weighted by Gasteiger charge is 2.36. The molecule has 1 aromatic carbocycles. The predicted octanol–water partition coefficient (Wildman–Crippen LogP) is 1.47. The molecular weight excluding hydrogens is 314 g/mol. The molecule has 1 fully saturated rings. The lowest BCUT2D eigenvalue weighted by Gasteiger charge is -2.29. The average molecular weight is 335 g/mol. The number of benzene rings is 1. The summed E-state index contributed by atoms with van der Waals surface area (Å²) < 4.78 is 28.1. The van der Waals surface area contributed by atoms with Crippen molar-refractivity contribution in [1.82, 2.24) is 9.80 Å². The molecule has 0 unspecified atom stereocenters. The van der Waals surface area contributed by atoms with Gasteiger partial charge in [0.15, 0.2) is 5.84 Å². The van der Waals surface area contributed by atoms with Gasteiger partial charge in [0.05, 0.1) is 6.54 Å². The maximum absolute atomic E-state index is 12.6. The average Bonchev–Trinajstić information content (AvgIpc) is 3.24. The van der Waals surface area contributed by atoms with Gasteiger partial charge in [-0.05, 0) is 38.8 Å². The summed E-state index contributed by atoms with van der Waals surface area (Å²) in [6, 6.07) is 7.19. The van der Waals surface area contributed by atoms with E-state index in [4.69, 9.17) is 0 Å². The minimum atomic E-state index is -3.65. The van der Waals surface area contributed by atoms with Crippen LogP contribution in [0.2, 0.25) is 0 Å². The Bertz CT molecular complexity index is 765. The zero-order chi connectivity index (χ0) is 16.8. The van der Waals surface area contributed by atoms with Gasteiger partial charge in [-0.2, -0.15) is 8.42 Å². The van der Waals surface area contributed by atoms with E-state index in [-0.39, 0.29) is 23.4 Å². The van der Waals surface area contributed by atoms with E-state index in [1.54, 1.807) is 36.2 Å². The molecule has 0 N–H and O–H groups in total. The summed E-state index contributed by atoms with van der Waals surface area (Å²) in [6.07, 6.45) is 2.09. The van der Waals surface area contributed by atoms with Gasteiger partial charge in [0, 0.05) is 24.7 Å². The van der Waals surface area contributed by atoms with Gasteiger partial charge in [-0.25, -0.2) is 0 Å². The molecule has 0 spiro atoms. The molecule has 23 heavy (non-hydrogen) atoms. The van der Waals surface area contributed by atoms with Gasteiger partial charge in [0.1, 0.15) is 4.90 Å². The van der Waals surface area contributed by atoms with Crippen LogP contribution in [-0.2, 0) is 14.8 Å². The first-order chi connectivity index (χ1) is 10.8. The van der Waals surface area contributed by atoms with Crippen molar-refractivity contribution >= 4 is 21.8 Å². The molecule has 0 aromatic heterocycles. The number of carbonyl (C=O) groups is 1. The summed E-state index contributed by atoms with van der Waals surface area (Å²) in [6.45, 7) is 4.13. The quantitative estimate of drug-likeness (QED) is 0.835. The highest BCUT2D eigenvalue weighted by atomic mass is 32.2. The number of hydrogen-bond donors (Lipinski definition) is 0. The number of sulfonamides is 1. The first kappa shape index (κ1) is 16.0. The number of likely N-dealkylation sites (N-methyl/N-ethyl adjacent to an activating group) is 1. The molecule has 2 aliphatic rings. The topological polar surface area (TPSA) is 70.1 Å². The predicted molar refractivity (Wildman–Crippen MR) is 87.8 cm³/mol. The Labute approximate surface area is 136 Å². The van der Waals surface area contributed by atoms with Gasteiger partial charge < -0.3 is 9.80 Å². The van der Waals surface area contributed by atoms with Crippen LogP contribution >= 0.6 is 0 Å². The van der Waals surface area contributed by atoms with Crippen LogP contribution in [0.1, 0.15) is 32.3 Å². The standard InChI is InChI=1S/C16H21N3O3S/c1-11(2)19(12-8-9-12)15(20)10-18(3)16-13-6-4-5-7-14(13)23(21,22)17-16/h4-7,11-12H,8-10H2,1-3H3. The SMILES string of the molecule is CC(C)N(C(=O)CN(C)C1=NS(=O)(=O)c2ccccc21)C1CC1. The van der Waals surface area contributed by atoms with Gasteiger partial charge in [0.25, 0.3) is 10.0 Å². The summed E-state index contributed by atoms with van der Waals surface area (Å²) in [5, 5.41) is 0. The van der Waals surface area contributed by atoms with Crippen molar-refractivity contribution in [3.8, 4) is 0 Å². The molecule has 1 aliphatic carbocycles. The third kappa shape index (κ3) is 2.97. The van der Waals surface area contributed by atoms with Crippen LogP contribution in [0.3, 0.4) is 0 Å². The van der Waals surface area contributed by atoms with Crippen LogP contribution in [0, 0.1) is 0 Å². The number of fused-ring (bicyclic) bond motifs is 1. The number of rotatable bonds is 4. The van der Waals surface area contributed by atoms with E-state index in [0.29, 0.717) is 17.4 Å². The Balaban J connectivity index is 1.82. The minimum absolute atomic E-state index is 0.00878. The molecule has 0 atom stereocenters. The third-order valence-electron chi connectivity index (χ3n) is 4.13. The van der Waals surface area contributed by atoms with Gasteiger partial charge in [-0.1, -0.05) is 12.1 Å². The van der Waals surface area contributed by atoms with E-state index in [9.17, 15) is 13.2 Å². The van der Waals surface area contributed by atoms with E-state index in [0.717, 1.165) is 12.8 Å². The van der Waals surface area contributed by atoms with Crippen molar-refractivity contribution in [1.29, 1.82) is 0 Å². The summed E-state index contributed by atoms with van der Waals surface area (Å²) in [4.78, 5) is 16.3. The zero-order valence-electron chi connectivity index (χ0n) is 13.6. The fourth-order valence-electron chi connectivity index (χ4n) is 2.99. The fourth-order valence-corrected chi connectivity index (χ4v) is 4.24. The monoisotopic (exact) mass is 335 g/mol.